The Morgan fingerprint density at radius 2 is 1.87 bits per heavy atom. The molecule has 0 bridgehead atoms. The van der Waals surface area contributed by atoms with E-state index in [4.69, 9.17) is 26.1 Å². The van der Waals surface area contributed by atoms with Crippen LogP contribution in [0.2, 0.25) is 5.02 Å². The molecule has 4 rings (SSSR count). The van der Waals surface area contributed by atoms with Crippen LogP contribution in [0.25, 0.3) is 10.2 Å². The largest absolute Gasteiger partial charge is 0.495 e. The molecule has 2 aromatic heterocycles. The second-order valence-corrected chi connectivity index (χ2v) is 8.18. The molecule has 0 aliphatic rings. The average Bonchev–Trinajstić information content (AvgIpc) is 3.46. The van der Waals surface area contributed by atoms with Gasteiger partial charge in [0, 0.05) is 36.1 Å². The molecule has 0 aliphatic heterocycles. The summed E-state index contributed by atoms with van der Waals surface area (Å²) in [7, 11) is 3.21. The van der Waals surface area contributed by atoms with Gasteiger partial charge in [-0.15, -0.1) is 0 Å². The number of benzene rings is 2. The number of halogens is 1. The van der Waals surface area contributed by atoms with Crippen LogP contribution in [-0.4, -0.2) is 41.2 Å². The summed E-state index contributed by atoms with van der Waals surface area (Å²) in [4.78, 5) is 23.9. The lowest BCUT2D eigenvalue weighted by atomic mass is 10.2. The van der Waals surface area contributed by atoms with Crippen molar-refractivity contribution in [3.8, 4) is 11.5 Å². The number of rotatable bonds is 8. The molecular weight excluding hydrogens is 436 g/mol. The molecule has 0 saturated heterocycles. The number of hydrogen-bond acceptors (Lipinski definition) is 6. The number of methoxy groups -OCH3 is 2. The first-order valence-corrected chi connectivity index (χ1v) is 10.8. The summed E-state index contributed by atoms with van der Waals surface area (Å²) >= 11 is 7.41. The van der Waals surface area contributed by atoms with Crippen molar-refractivity contribution in [3.05, 3.63) is 65.7 Å². The maximum Gasteiger partial charge on any atom is 0.260 e. The third kappa shape index (κ3) is 4.50. The third-order valence-corrected chi connectivity index (χ3v) is 6.17. The van der Waals surface area contributed by atoms with Gasteiger partial charge in [0.1, 0.15) is 21.7 Å². The molecule has 0 atom stereocenters. The van der Waals surface area contributed by atoms with Crippen LogP contribution in [-0.2, 0) is 6.54 Å². The van der Waals surface area contributed by atoms with Gasteiger partial charge < -0.3 is 14.0 Å². The molecule has 9 heteroatoms. The highest BCUT2D eigenvalue weighted by Crippen LogP contribution is 2.40. The molecule has 4 aromatic rings. The number of imidazole rings is 1. The molecule has 31 heavy (non-hydrogen) atoms. The fourth-order valence-electron chi connectivity index (χ4n) is 3.25. The number of aryl methyl sites for hydroxylation is 1. The first-order valence-electron chi connectivity index (χ1n) is 9.65. The standard InChI is InChI=1S/C22H21ClN4O3S/c1-29-17-8-9-18(30-2)20-19(17)25-22(31-20)27(12-3-11-26-13-10-24-14-26)21(28)15-4-6-16(23)7-5-15/h4-10,13-14H,3,11-12H2,1-2H3. The first-order chi connectivity index (χ1) is 15.1. The minimum absolute atomic E-state index is 0.140. The summed E-state index contributed by atoms with van der Waals surface area (Å²) in [5.74, 6) is 1.19. The van der Waals surface area contributed by atoms with Crippen LogP contribution in [0, 0.1) is 0 Å². The van der Waals surface area contributed by atoms with Gasteiger partial charge in [-0.2, -0.15) is 0 Å². The molecule has 160 valence electrons. The molecular formula is C22H21ClN4O3S. The molecule has 0 saturated carbocycles. The number of carbonyl (C=O) groups is 1. The first kappa shape index (κ1) is 21.1. The van der Waals surface area contributed by atoms with Crippen molar-refractivity contribution in [2.24, 2.45) is 0 Å². The Morgan fingerprint density at radius 1 is 1.13 bits per heavy atom. The minimum atomic E-state index is -0.140. The van der Waals surface area contributed by atoms with Crippen molar-refractivity contribution in [1.29, 1.82) is 0 Å². The number of fused-ring (bicyclic) bond motifs is 1. The van der Waals surface area contributed by atoms with E-state index in [0.717, 1.165) is 17.7 Å². The number of thiazole rings is 1. The Hall–Kier alpha value is -3.10. The maximum atomic E-state index is 13.4. The highest BCUT2D eigenvalue weighted by Gasteiger charge is 2.23. The van der Waals surface area contributed by atoms with E-state index in [2.05, 4.69) is 4.98 Å². The van der Waals surface area contributed by atoms with E-state index in [1.807, 2.05) is 22.9 Å². The van der Waals surface area contributed by atoms with Crippen molar-refractivity contribution >= 4 is 44.2 Å². The molecule has 0 N–H and O–H groups in total. The Kier molecular flexibility index (Phi) is 6.39. The van der Waals surface area contributed by atoms with Gasteiger partial charge in [0.15, 0.2) is 5.13 Å². The molecule has 0 radical (unpaired) electrons. The Bertz CT molecular complexity index is 1130. The van der Waals surface area contributed by atoms with E-state index in [1.165, 1.54) is 11.3 Å². The molecule has 0 spiro atoms. The fraction of sp³-hybridized carbons (Fsp3) is 0.227. The Labute approximate surface area is 188 Å². The molecule has 0 unspecified atom stereocenters. The minimum Gasteiger partial charge on any atom is -0.495 e. The normalized spacial score (nSPS) is 10.9. The molecule has 2 heterocycles. The number of hydrogen-bond donors (Lipinski definition) is 0. The lowest BCUT2D eigenvalue weighted by Gasteiger charge is -2.20. The van der Waals surface area contributed by atoms with Gasteiger partial charge in [-0.05, 0) is 42.8 Å². The summed E-state index contributed by atoms with van der Waals surface area (Å²) < 4.78 is 13.8. The predicted molar refractivity (Wildman–Crippen MR) is 123 cm³/mol. The number of amides is 1. The monoisotopic (exact) mass is 456 g/mol. The summed E-state index contributed by atoms with van der Waals surface area (Å²) in [6, 6.07) is 10.5. The van der Waals surface area contributed by atoms with E-state index in [-0.39, 0.29) is 5.91 Å². The average molecular weight is 457 g/mol. The van der Waals surface area contributed by atoms with Crippen molar-refractivity contribution in [3.63, 3.8) is 0 Å². The van der Waals surface area contributed by atoms with Gasteiger partial charge in [0.05, 0.1) is 20.5 Å². The van der Waals surface area contributed by atoms with Gasteiger partial charge in [0.2, 0.25) is 0 Å². The molecule has 2 aromatic carbocycles. The third-order valence-electron chi connectivity index (χ3n) is 4.82. The zero-order valence-electron chi connectivity index (χ0n) is 17.1. The maximum absolute atomic E-state index is 13.4. The lowest BCUT2D eigenvalue weighted by Crippen LogP contribution is -2.32. The van der Waals surface area contributed by atoms with E-state index >= 15 is 0 Å². The molecule has 7 nitrogen and oxygen atoms in total. The van der Waals surface area contributed by atoms with Crippen LogP contribution in [0.4, 0.5) is 5.13 Å². The predicted octanol–water partition coefficient (Wildman–Crippen LogP) is 4.90. The highest BCUT2D eigenvalue weighted by atomic mass is 35.5. The van der Waals surface area contributed by atoms with Crippen LogP contribution in [0.3, 0.4) is 0 Å². The van der Waals surface area contributed by atoms with E-state index < -0.39 is 0 Å². The summed E-state index contributed by atoms with van der Waals surface area (Å²) in [6.45, 7) is 1.23. The zero-order chi connectivity index (χ0) is 21.8. The van der Waals surface area contributed by atoms with Gasteiger partial charge >= 0.3 is 0 Å². The number of ether oxygens (including phenoxy) is 2. The van der Waals surface area contributed by atoms with Crippen LogP contribution < -0.4 is 14.4 Å². The van der Waals surface area contributed by atoms with Gasteiger partial charge in [-0.3, -0.25) is 9.69 Å². The smallest absolute Gasteiger partial charge is 0.260 e. The van der Waals surface area contributed by atoms with Crippen LogP contribution in [0.5, 0.6) is 11.5 Å². The zero-order valence-corrected chi connectivity index (χ0v) is 18.7. The van der Waals surface area contributed by atoms with Crippen molar-refractivity contribution in [2.45, 2.75) is 13.0 Å². The molecule has 1 amide bonds. The topological polar surface area (TPSA) is 69.5 Å². The summed E-state index contributed by atoms with van der Waals surface area (Å²) in [5.41, 5.74) is 1.22. The summed E-state index contributed by atoms with van der Waals surface area (Å²) in [6.07, 6.45) is 6.14. The Morgan fingerprint density at radius 3 is 2.55 bits per heavy atom. The number of aromatic nitrogens is 3. The second-order valence-electron chi connectivity index (χ2n) is 6.76. The molecule has 0 fully saturated rings. The Balaban J connectivity index is 1.70. The van der Waals surface area contributed by atoms with E-state index in [1.54, 1.807) is 55.9 Å². The van der Waals surface area contributed by atoms with Gasteiger partial charge in [-0.25, -0.2) is 9.97 Å². The van der Waals surface area contributed by atoms with Crippen LogP contribution >= 0.6 is 22.9 Å². The van der Waals surface area contributed by atoms with Crippen molar-refractivity contribution in [2.75, 3.05) is 25.7 Å². The van der Waals surface area contributed by atoms with Crippen molar-refractivity contribution < 1.29 is 14.3 Å². The molecule has 0 aliphatic carbocycles. The quantitative estimate of drug-likeness (QED) is 0.377. The van der Waals surface area contributed by atoms with Gasteiger partial charge in [-0.1, -0.05) is 22.9 Å². The number of nitrogens with zero attached hydrogens (tertiary/aromatic N) is 4. The lowest BCUT2D eigenvalue weighted by molar-refractivity contribution is 0.0986. The second kappa shape index (κ2) is 9.36. The van der Waals surface area contributed by atoms with Gasteiger partial charge in [0.25, 0.3) is 5.91 Å². The van der Waals surface area contributed by atoms with E-state index in [0.29, 0.717) is 39.3 Å². The fourth-order valence-corrected chi connectivity index (χ4v) is 4.48. The number of anilines is 1. The van der Waals surface area contributed by atoms with E-state index in [9.17, 15) is 4.79 Å². The number of carbonyl (C=O) groups excluding carboxylic acids is 1. The van der Waals surface area contributed by atoms with Crippen LogP contribution in [0.15, 0.2) is 55.1 Å². The van der Waals surface area contributed by atoms with Crippen LogP contribution in [0.1, 0.15) is 16.8 Å². The SMILES string of the molecule is COc1ccc(OC)c2sc(N(CCCn3ccnc3)C(=O)c3ccc(Cl)cc3)nc12. The summed E-state index contributed by atoms with van der Waals surface area (Å²) in [5, 5.41) is 1.17. The highest BCUT2D eigenvalue weighted by molar-refractivity contribution is 7.22. The van der Waals surface area contributed by atoms with Crippen molar-refractivity contribution in [1.82, 2.24) is 14.5 Å².